The highest BCUT2D eigenvalue weighted by atomic mass is 32.2. The van der Waals surface area contributed by atoms with Crippen molar-refractivity contribution in [1.29, 1.82) is 0 Å². The molecule has 0 radical (unpaired) electrons. The predicted octanol–water partition coefficient (Wildman–Crippen LogP) is 1.23. The number of nitrogens with one attached hydrogen (secondary N) is 1. The largest absolute Gasteiger partial charge is 0.370 e. The highest BCUT2D eigenvalue weighted by Gasteiger charge is 2.28. The van der Waals surface area contributed by atoms with E-state index in [1.54, 1.807) is 16.4 Å². The lowest BCUT2D eigenvalue weighted by Crippen LogP contribution is -2.48. The Morgan fingerprint density at radius 2 is 1.95 bits per heavy atom. The Morgan fingerprint density at radius 1 is 1.24 bits per heavy atom. The molecule has 7 heteroatoms. The van der Waals surface area contributed by atoms with Crippen molar-refractivity contribution in [3.63, 3.8) is 0 Å². The fraction of sp³-hybridized carbons (Fsp3) is 0.643. The molecule has 1 N–H and O–H groups in total. The van der Waals surface area contributed by atoms with Gasteiger partial charge in [0.1, 0.15) is 5.82 Å². The van der Waals surface area contributed by atoms with Crippen molar-refractivity contribution in [2.75, 3.05) is 44.6 Å². The molecule has 0 aromatic carbocycles. The first kappa shape index (κ1) is 16.2. The number of pyridine rings is 1. The Morgan fingerprint density at radius 3 is 2.57 bits per heavy atom. The Kier molecular flexibility index (Phi) is 5.55. The van der Waals surface area contributed by atoms with Gasteiger partial charge in [-0.15, -0.1) is 0 Å². The van der Waals surface area contributed by atoms with Crippen LogP contribution < -0.4 is 5.32 Å². The fourth-order valence-electron chi connectivity index (χ4n) is 2.51. The third-order valence-electron chi connectivity index (χ3n) is 3.60. The number of anilines is 1. The molecule has 118 valence electrons. The van der Waals surface area contributed by atoms with E-state index in [1.165, 1.54) is 6.20 Å². The minimum absolute atomic E-state index is 0.317. The lowest BCUT2D eigenvalue weighted by molar-refractivity contribution is 0.188. The zero-order valence-corrected chi connectivity index (χ0v) is 13.6. The van der Waals surface area contributed by atoms with Gasteiger partial charge in [0.15, 0.2) is 0 Å². The standard InChI is InChI=1S/C14H24N4O2S/c1-3-7-17-8-10-18(11-9-17)21(19,20)13-5-6-16-14(12-13)15-4-2/h5-6,12H,3-4,7-11H2,1-2H3,(H,15,16). The van der Waals surface area contributed by atoms with Crippen molar-refractivity contribution in [2.45, 2.75) is 25.2 Å². The third kappa shape index (κ3) is 3.93. The monoisotopic (exact) mass is 312 g/mol. The number of rotatable bonds is 6. The molecule has 1 aliphatic heterocycles. The van der Waals surface area contributed by atoms with E-state index in [0.29, 0.717) is 30.3 Å². The van der Waals surface area contributed by atoms with Crippen LogP contribution in [-0.4, -0.2) is 61.9 Å². The second kappa shape index (κ2) is 7.20. The van der Waals surface area contributed by atoms with Crippen molar-refractivity contribution in [1.82, 2.24) is 14.2 Å². The zero-order chi connectivity index (χ0) is 15.3. The first-order valence-corrected chi connectivity index (χ1v) is 8.94. The molecule has 2 rings (SSSR count). The Hall–Kier alpha value is -1.18. The van der Waals surface area contributed by atoms with Gasteiger partial charge in [-0.3, -0.25) is 0 Å². The van der Waals surface area contributed by atoms with Gasteiger partial charge < -0.3 is 10.2 Å². The molecular formula is C14H24N4O2S. The number of sulfonamides is 1. The number of hydrogen-bond acceptors (Lipinski definition) is 5. The van der Waals surface area contributed by atoms with Gasteiger partial charge in [0.2, 0.25) is 10.0 Å². The lowest BCUT2D eigenvalue weighted by Gasteiger charge is -2.33. The Bertz CT molecular complexity index is 554. The summed E-state index contributed by atoms with van der Waals surface area (Å²) in [6.07, 6.45) is 2.64. The molecule has 0 atom stereocenters. The highest BCUT2D eigenvalue weighted by Crippen LogP contribution is 2.19. The Balaban J connectivity index is 2.10. The predicted molar refractivity (Wildman–Crippen MR) is 83.9 cm³/mol. The second-order valence-electron chi connectivity index (χ2n) is 5.15. The van der Waals surface area contributed by atoms with E-state index in [-0.39, 0.29) is 0 Å². The van der Waals surface area contributed by atoms with Crippen LogP contribution in [0.5, 0.6) is 0 Å². The minimum Gasteiger partial charge on any atom is -0.370 e. The molecule has 21 heavy (non-hydrogen) atoms. The quantitative estimate of drug-likeness (QED) is 0.856. The Labute approximate surface area is 127 Å². The van der Waals surface area contributed by atoms with Gasteiger partial charge in [-0.05, 0) is 26.0 Å². The third-order valence-corrected chi connectivity index (χ3v) is 5.49. The maximum absolute atomic E-state index is 12.7. The van der Waals surface area contributed by atoms with Gasteiger partial charge in [-0.25, -0.2) is 13.4 Å². The van der Waals surface area contributed by atoms with Crippen molar-refractivity contribution >= 4 is 15.8 Å². The van der Waals surface area contributed by atoms with Crippen LogP contribution in [0.3, 0.4) is 0 Å². The first-order valence-electron chi connectivity index (χ1n) is 7.50. The van der Waals surface area contributed by atoms with Gasteiger partial charge in [0, 0.05) is 45.0 Å². The molecule has 1 saturated heterocycles. The lowest BCUT2D eigenvalue weighted by atomic mass is 10.3. The SMILES string of the molecule is CCCN1CCN(S(=O)(=O)c2ccnc(NCC)c2)CC1. The fourth-order valence-corrected chi connectivity index (χ4v) is 3.94. The van der Waals surface area contributed by atoms with E-state index >= 15 is 0 Å². The molecule has 0 unspecified atom stereocenters. The molecule has 0 saturated carbocycles. The minimum atomic E-state index is -3.41. The van der Waals surface area contributed by atoms with E-state index < -0.39 is 10.0 Å². The zero-order valence-electron chi connectivity index (χ0n) is 12.7. The van der Waals surface area contributed by atoms with Crippen LogP contribution in [-0.2, 0) is 10.0 Å². The van der Waals surface area contributed by atoms with Crippen molar-refractivity contribution in [3.05, 3.63) is 18.3 Å². The van der Waals surface area contributed by atoms with Crippen LogP contribution in [0.2, 0.25) is 0 Å². The molecule has 1 aromatic rings. The highest BCUT2D eigenvalue weighted by molar-refractivity contribution is 7.89. The molecule has 2 heterocycles. The van der Waals surface area contributed by atoms with E-state index in [2.05, 4.69) is 22.1 Å². The van der Waals surface area contributed by atoms with Crippen LogP contribution in [0, 0.1) is 0 Å². The molecular weight excluding hydrogens is 288 g/mol. The van der Waals surface area contributed by atoms with Crippen LogP contribution in [0.25, 0.3) is 0 Å². The molecule has 0 amide bonds. The number of nitrogens with zero attached hydrogens (tertiary/aromatic N) is 3. The van der Waals surface area contributed by atoms with Crippen molar-refractivity contribution < 1.29 is 8.42 Å². The maximum Gasteiger partial charge on any atom is 0.243 e. The topological polar surface area (TPSA) is 65.5 Å². The average Bonchev–Trinajstić information content (AvgIpc) is 2.49. The number of aromatic nitrogens is 1. The summed E-state index contributed by atoms with van der Waals surface area (Å²) >= 11 is 0. The van der Waals surface area contributed by atoms with Crippen LogP contribution in [0.15, 0.2) is 23.2 Å². The van der Waals surface area contributed by atoms with Crippen LogP contribution >= 0.6 is 0 Å². The first-order chi connectivity index (χ1) is 10.1. The normalized spacial score (nSPS) is 17.8. The second-order valence-corrected chi connectivity index (χ2v) is 7.09. The number of hydrogen-bond donors (Lipinski definition) is 1. The van der Waals surface area contributed by atoms with Crippen LogP contribution in [0.4, 0.5) is 5.82 Å². The summed E-state index contributed by atoms with van der Waals surface area (Å²) in [4.78, 5) is 6.75. The molecule has 0 aliphatic carbocycles. The molecule has 0 bridgehead atoms. The van der Waals surface area contributed by atoms with Crippen LogP contribution in [0.1, 0.15) is 20.3 Å². The molecule has 1 aliphatic rings. The summed E-state index contributed by atoms with van der Waals surface area (Å²) in [6.45, 7) is 8.57. The summed E-state index contributed by atoms with van der Waals surface area (Å²) in [5, 5.41) is 3.04. The van der Waals surface area contributed by atoms with Gasteiger partial charge >= 0.3 is 0 Å². The van der Waals surface area contributed by atoms with E-state index in [9.17, 15) is 8.42 Å². The van der Waals surface area contributed by atoms with Gasteiger partial charge in [0.05, 0.1) is 4.90 Å². The van der Waals surface area contributed by atoms with E-state index in [1.807, 2.05) is 6.92 Å². The smallest absolute Gasteiger partial charge is 0.243 e. The summed E-state index contributed by atoms with van der Waals surface area (Å²) in [7, 11) is -3.41. The summed E-state index contributed by atoms with van der Waals surface area (Å²) < 4.78 is 26.9. The summed E-state index contributed by atoms with van der Waals surface area (Å²) in [5.74, 6) is 0.600. The van der Waals surface area contributed by atoms with Gasteiger partial charge in [-0.2, -0.15) is 4.31 Å². The average molecular weight is 312 g/mol. The van der Waals surface area contributed by atoms with Gasteiger partial charge in [-0.1, -0.05) is 6.92 Å². The summed E-state index contributed by atoms with van der Waals surface area (Å²) in [5.41, 5.74) is 0. The van der Waals surface area contributed by atoms with Crippen molar-refractivity contribution in [2.24, 2.45) is 0 Å². The molecule has 0 spiro atoms. The maximum atomic E-state index is 12.7. The number of piperazine rings is 1. The van der Waals surface area contributed by atoms with Crippen molar-refractivity contribution in [3.8, 4) is 0 Å². The summed E-state index contributed by atoms with van der Waals surface area (Å²) in [6, 6.07) is 3.17. The molecule has 1 fully saturated rings. The van der Waals surface area contributed by atoms with E-state index in [4.69, 9.17) is 0 Å². The van der Waals surface area contributed by atoms with Gasteiger partial charge in [0.25, 0.3) is 0 Å². The van der Waals surface area contributed by atoms with E-state index in [0.717, 1.165) is 26.1 Å². The molecule has 1 aromatic heterocycles. The molecule has 6 nitrogen and oxygen atoms in total.